The lowest BCUT2D eigenvalue weighted by Crippen LogP contribution is -2.17. The van der Waals surface area contributed by atoms with E-state index in [0.717, 1.165) is 12.8 Å². The predicted molar refractivity (Wildman–Crippen MR) is 237 cm³/mol. The maximum Gasteiger partial charge on any atom is 0.0159 e. The van der Waals surface area contributed by atoms with E-state index in [9.17, 15) is 0 Å². The summed E-state index contributed by atoms with van der Waals surface area (Å²) in [5.41, 5.74) is 17.1. The Kier molecular flexibility index (Phi) is 6.30. The Balaban J connectivity index is 1.21. The molecule has 3 aliphatic rings. The summed E-state index contributed by atoms with van der Waals surface area (Å²) in [5.74, 6) is 0.959. The number of hydrogen-bond acceptors (Lipinski definition) is 0. The normalized spacial score (nSPS) is 18.0. The molecule has 0 spiro atoms. The second-order valence-electron chi connectivity index (χ2n) is 17.3. The SMILES string of the molecule is CC1C=Cc2c(-c3c4c(c(-c5ccc6c7cccc8cccc(c9cccc5c96)c87)c5ccccc35)C=CC(C)C4)cc3c(c2C1)-c1ccccc1C3(C)C. The van der Waals surface area contributed by atoms with Gasteiger partial charge in [0.25, 0.3) is 0 Å². The molecule has 0 heteroatoms. The monoisotopic (exact) mass is 702 g/mol. The molecule has 2 atom stereocenters. The molecule has 0 aromatic heterocycles. The quantitative estimate of drug-likeness (QED) is 0.124. The van der Waals surface area contributed by atoms with Crippen molar-refractivity contribution in [1.82, 2.24) is 0 Å². The second kappa shape index (κ2) is 11.0. The van der Waals surface area contributed by atoms with Gasteiger partial charge in [-0.3, -0.25) is 0 Å². The molecular weight excluding hydrogens is 661 g/mol. The Morgan fingerprint density at radius 3 is 1.75 bits per heavy atom. The Morgan fingerprint density at radius 1 is 0.436 bits per heavy atom. The van der Waals surface area contributed by atoms with Gasteiger partial charge in [0.1, 0.15) is 0 Å². The summed E-state index contributed by atoms with van der Waals surface area (Å²) in [7, 11) is 0. The van der Waals surface area contributed by atoms with Gasteiger partial charge in [0.15, 0.2) is 0 Å². The van der Waals surface area contributed by atoms with Crippen molar-refractivity contribution in [3.63, 3.8) is 0 Å². The summed E-state index contributed by atoms with van der Waals surface area (Å²) in [6, 6.07) is 46.5. The van der Waals surface area contributed by atoms with Crippen LogP contribution in [0.4, 0.5) is 0 Å². The summed E-state index contributed by atoms with van der Waals surface area (Å²) in [4.78, 5) is 0. The van der Waals surface area contributed by atoms with Crippen LogP contribution in [0.2, 0.25) is 0 Å². The van der Waals surface area contributed by atoms with Gasteiger partial charge in [0.05, 0.1) is 0 Å². The molecule has 9 aromatic carbocycles. The van der Waals surface area contributed by atoms with Crippen LogP contribution >= 0.6 is 0 Å². The molecule has 12 rings (SSSR count). The highest BCUT2D eigenvalue weighted by Crippen LogP contribution is 2.56. The van der Waals surface area contributed by atoms with E-state index in [4.69, 9.17) is 0 Å². The first-order valence-electron chi connectivity index (χ1n) is 20.2. The van der Waals surface area contributed by atoms with Gasteiger partial charge in [-0.25, -0.2) is 0 Å². The van der Waals surface area contributed by atoms with Gasteiger partial charge in [-0.05, 0) is 151 Å². The van der Waals surface area contributed by atoms with E-state index >= 15 is 0 Å². The summed E-state index contributed by atoms with van der Waals surface area (Å²) in [6.07, 6.45) is 11.9. The summed E-state index contributed by atoms with van der Waals surface area (Å²) < 4.78 is 0. The molecule has 0 N–H and O–H groups in total. The highest BCUT2D eigenvalue weighted by Gasteiger charge is 2.39. The largest absolute Gasteiger partial charge is 0.0807 e. The molecule has 0 saturated carbocycles. The second-order valence-corrected chi connectivity index (χ2v) is 17.3. The van der Waals surface area contributed by atoms with Crippen molar-refractivity contribution in [3.05, 3.63) is 167 Å². The number of hydrogen-bond donors (Lipinski definition) is 0. The minimum atomic E-state index is -0.0740. The topological polar surface area (TPSA) is 0 Å². The van der Waals surface area contributed by atoms with Crippen LogP contribution in [-0.4, -0.2) is 0 Å². The molecule has 3 aliphatic carbocycles. The number of benzene rings is 9. The smallest absolute Gasteiger partial charge is 0.0159 e. The minimum absolute atomic E-state index is 0.0740. The fraction of sp³-hybridized carbons (Fsp3) is 0.164. The Labute approximate surface area is 322 Å². The molecule has 0 bridgehead atoms. The van der Waals surface area contributed by atoms with Crippen molar-refractivity contribution in [1.29, 1.82) is 0 Å². The van der Waals surface area contributed by atoms with E-state index in [1.807, 2.05) is 0 Å². The van der Waals surface area contributed by atoms with E-state index in [0.29, 0.717) is 11.8 Å². The van der Waals surface area contributed by atoms with Crippen LogP contribution in [0.25, 0.3) is 99.4 Å². The van der Waals surface area contributed by atoms with Gasteiger partial charge in [-0.1, -0.05) is 167 Å². The van der Waals surface area contributed by atoms with E-state index in [-0.39, 0.29) is 5.41 Å². The zero-order chi connectivity index (χ0) is 36.7. The van der Waals surface area contributed by atoms with Crippen molar-refractivity contribution in [2.45, 2.75) is 46.0 Å². The van der Waals surface area contributed by atoms with Crippen LogP contribution in [0.1, 0.15) is 61.1 Å². The van der Waals surface area contributed by atoms with E-state index in [1.165, 1.54) is 121 Å². The van der Waals surface area contributed by atoms with Crippen LogP contribution in [0.15, 0.2) is 133 Å². The first-order valence-corrected chi connectivity index (χ1v) is 20.2. The zero-order valence-corrected chi connectivity index (χ0v) is 31.9. The molecule has 9 aromatic rings. The zero-order valence-electron chi connectivity index (χ0n) is 31.9. The van der Waals surface area contributed by atoms with Crippen LogP contribution in [0.3, 0.4) is 0 Å². The molecule has 0 fully saturated rings. The Bertz CT molecular complexity index is 3150. The maximum absolute atomic E-state index is 2.61. The van der Waals surface area contributed by atoms with Crippen molar-refractivity contribution < 1.29 is 0 Å². The van der Waals surface area contributed by atoms with Gasteiger partial charge in [-0.15, -0.1) is 0 Å². The summed E-state index contributed by atoms with van der Waals surface area (Å²) >= 11 is 0. The molecule has 0 saturated heterocycles. The molecule has 2 unspecified atom stereocenters. The number of fused-ring (bicyclic) bond motifs is 9. The van der Waals surface area contributed by atoms with E-state index in [1.54, 1.807) is 0 Å². The van der Waals surface area contributed by atoms with Gasteiger partial charge in [0, 0.05) is 5.41 Å². The van der Waals surface area contributed by atoms with Crippen LogP contribution in [0.5, 0.6) is 0 Å². The van der Waals surface area contributed by atoms with E-state index < -0.39 is 0 Å². The molecule has 0 aliphatic heterocycles. The first kappa shape index (κ1) is 31.4. The third kappa shape index (κ3) is 4.12. The Morgan fingerprint density at radius 2 is 1.00 bits per heavy atom. The standard InChI is InChI=1S/C55H42/c1-31-22-24-34-45(28-31)54-44-16-7-8-21-48(44)55(3,4)49(54)30-47(34)53-38-15-6-5-14-37(38)52(43-25-23-32(2)29-46(43)53)42-27-26-41-36-18-10-13-33-12-9-17-35(50(33)36)39-19-11-20-40(42)51(39)41/h5-27,30-32H,28-29H2,1-4H3. The lowest BCUT2D eigenvalue weighted by molar-refractivity contribution is 0.658. The fourth-order valence-corrected chi connectivity index (χ4v) is 11.2. The molecule has 0 radical (unpaired) electrons. The van der Waals surface area contributed by atoms with Crippen molar-refractivity contribution in [2.24, 2.45) is 11.8 Å². The fourth-order valence-electron chi connectivity index (χ4n) is 11.2. The summed E-state index contributed by atoms with van der Waals surface area (Å²) in [5, 5.41) is 13.4. The van der Waals surface area contributed by atoms with Crippen molar-refractivity contribution in [3.8, 4) is 33.4 Å². The third-order valence-electron chi connectivity index (χ3n) is 13.7. The first-order chi connectivity index (χ1) is 26.9. The highest BCUT2D eigenvalue weighted by molar-refractivity contribution is 6.34. The average molecular weight is 703 g/mol. The summed E-state index contributed by atoms with van der Waals surface area (Å²) in [6.45, 7) is 9.64. The van der Waals surface area contributed by atoms with Gasteiger partial charge >= 0.3 is 0 Å². The van der Waals surface area contributed by atoms with Crippen LogP contribution < -0.4 is 0 Å². The van der Waals surface area contributed by atoms with Crippen LogP contribution in [0, 0.1) is 11.8 Å². The molecule has 0 amide bonds. The highest BCUT2D eigenvalue weighted by atomic mass is 14.4. The molecular formula is C55H42. The van der Waals surface area contributed by atoms with Gasteiger partial charge in [-0.2, -0.15) is 0 Å². The number of allylic oxidation sites excluding steroid dienone is 2. The predicted octanol–water partition coefficient (Wildman–Crippen LogP) is 14.9. The lowest BCUT2D eigenvalue weighted by Gasteiger charge is -2.30. The minimum Gasteiger partial charge on any atom is -0.0807 e. The third-order valence-corrected chi connectivity index (χ3v) is 13.7. The molecule has 55 heavy (non-hydrogen) atoms. The molecule has 262 valence electrons. The van der Waals surface area contributed by atoms with Crippen molar-refractivity contribution >= 4 is 66.0 Å². The Hall–Kier alpha value is -5.98. The number of rotatable bonds is 2. The lowest BCUT2D eigenvalue weighted by atomic mass is 9.73. The van der Waals surface area contributed by atoms with Gasteiger partial charge < -0.3 is 0 Å². The van der Waals surface area contributed by atoms with Crippen molar-refractivity contribution in [2.75, 3.05) is 0 Å². The van der Waals surface area contributed by atoms with E-state index in [2.05, 4.69) is 173 Å². The van der Waals surface area contributed by atoms with Gasteiger partial charge in [0.2, 0.25) is 0 Å². The van der Waals surface area contributed by atoms with Crippen LogP contribution in [-0.2, 0) is 18.3 Å². The average Bonchev–Trinajstić information content (AvgIpc) is 3.44. The molecule has 0 nitrogen and oxygen atoms in total. The molecule has 0 heterocycles. The maximum atomic E-state index is 2.61.